The van der Waals surface area contributed by atoms with Gasteiger partial charge in [-0.2, -0.15) is 11.8 Å². The van der Waals surface area contributed by atoms with Crippen molar-refractivity contribution >= 4 is 11.8 Å². The van der Waals surface area contributed by atoms with Gasteiger partial charge >= 0.3 is 0 Å². The molecule has 0 aromatic rings. The molecule has 0 spiro atoms. The second-order valence-electron chi connectivity index (χ2n) is 54.4. The molecule has 4 N–H and O–H groups in total. The predicted molar refractivity (Wildman–Crippen MR) is 552 cm³/mol. The van der Waals surface area contributed by atoms with E-state index in [1.165, 1.54) is 361 Å². The molecule has 10 atom stereocenters. The number of thioether (sulfide) groups is 1. The zero-order chi connectivity index (χ0) is 89.6. The third-order valence-electron chi connectivity index (χ3n) is 44.1. The maximum Gasteiger partial charge on any atom is 0.0628 e. The van der Waals surface area contributed by atoms with Gasteiger partial charge in [0.2, 0.25) is 0 Å². The summed E-state index contributed by atoms with van der Waals surface area (Å²) in [6.07, 6.45) is 112. The first-order valence-electron chi connectivity index (χ1n) is 61.7. The van der Waals surface area contributed by atoms with Gasteiger partial charge in [-0.15, -0.1) is 0 Å². The summed E-state index contributed by atoms with van der Waals surface area (Å²) in [6, 6.07) is 4.62. The minimum Gasteiger partial charge on any atom is -0.378 e. The number of piperidine rings is 5. The highest BCUT2D eigenvalue weighted by atomic mass is 32.2. The maximum absolute atomic E-state index is 5.48. The van der Waals surface area contributed by atoms with E-state index in [4.69, 9.17) is 33.2 Å². The van der Waals surface area contributed by atoms with Crippen molar-refractivity contribution in [1.29, 1.82) is 0 Å². The molecular formula is C121H207N5O7S. The molecule has 23 aliphatic heterocycles. The van der Waals surface area contributed by atoms with Crippen molar-refractivity contribution in [1.82, 2.24) is 26.2 Å². The zero-order valence-corrected chi connectivity index (χ0v) is 87.0. The Balaban J connectivity index is 0.0000000848. The lowest BCUT2D eigenvalue weighted by atomic mass is 9.56. The molecule has 40 bridgehead atoms. The summed E-state index contributed by atoms with van der Waals surface area (Å²) in [4.78, 5) is 2.58. The van der Waals surface area contributed by atoms with Crippen LogP contribution in [0, 0.1) is 136 Å². The van der Waals surface area contributed by atoms with Crippen LogP contribution >= 0.6 is 11.8 Å². The first-order chi connectivity index (χ1) is 66.0. The van der Waals surface area contributed by atoms with Gasteiger partial charge in [0.05, 0.1) is 61.0 Å². The molecule has 764 valence electrons. The molecule has 23 saturated heterocycles. The van der Waals surface area contributed by atoms with E-state index in [0.717, 1.165) is 139 Å². The van der Waals surface area contributed by atoms with Crippen molar-refractivity contribution in [3.8, 4) is 0 Å². The molecule has 23 heterocycles. The molecule has 0 radical (unpaired) electrons. The Labute approximate surface area is 825 Å². The van der Waals surface area contributed by atoms with Gasteiger partial charge in [0.1, 0.15) is 0 Å². The van der Waals surface area contributed by atoms with Crippen LogP contribution < -0.4 is 21.3 Å². The number of fused-ring (bicyclic) bond motifs is 34. The van der Waals surface area contributed by atoms with Gasteiger partial charge in [0, 0.05) is 61.9 Å². The lowest BCUT2D eigenvalue weighted by molar-refractivity contribution is -0.237. The van der Waals surface area contributed by atoms with Crippen molar-refractivity contribution in [3.05, 3.63) is 0 Å². The van der Waals surface area contributed by atoms with Crippen LogP contribution in [-0.4, -0.2) is 173 Å². The molecule has 13 heteroatoms. The Morgan fingerprint density at radius 2 is 0.433 bits per heavy atom. The average molecular weight is 1880 g/mol. The molecule has 12 nitrogen and oxygen atoms in total. The summed E-state index contributed by atoms with van der Waals surface area (Å²) in [5.74, 6) is 27.2. The van der Waals surface area contributed by atoms with Crippen LogP contribution in [0.5, 0.6) is 0 Å². The molecule has 10 unspecified atom stereocenters. The maximum atomic E-state index is 5.48. The highest BCUT2D eigenvalue weighted by molar-refractivity contribution is 8.00. The molecule has 134 heavy (non-hydrogen) atoms. The van der Waals surface area contributed by atoms with E-state index in [2.05, 4.69) is 37.9 Å². The first kappa shape index (κ1) is 99.8. The highest BCUT2D eigenvalue weighted by Gasteiger charge is 2.46. The summed E-state index contributed by atoms with van der Waals surface area (Å²) in [7, 11) is 0. The molecular weight excluding hydrogens is 1670 g/mol. The Hall–Kier alpha value is -0.130. The summed E-state index contributed by atoms with van der Waals surface area (Å²) in [5.41, 5.74) is 0. The lowest BCUT2D eigenvalue weighted by Gasteiger charge is -2.49. The number of rotatable bonds is 0. The van der Waals surface area contributed by atoms with E-state index in [1.807, 2.05) is 0 Å². The van der Waals surface area contributed by atoms with Crippen molar-refractivity contribution in [2.24, 2.45) is 136 Å². The molecule has 53 aliphatic rings. The first-order valence-corrected chi connectivity index (χ1v) is 62.8. The summed E-state index contributed by atoms with van der Waals surface area (Å²) in [5, 5.41) is 14.9. The van der Waals surface area contributed by atoms with E-state index < -0.39 is 0 Å². The van der Waals surface area contributed by atoms with Gasteiger partial charge in [-0.1, -0.05) is 128 Å². The van der Waals surface area contributed by atoms with Gasteiger partial charge < -0.3 is 59.3 Å². The van der Waals surface area contributed by atoms with E-state index in [1.54, 1.807) is 199 Å². The van der Waals surface area contributed by atoms with Crippen molar-refractivity contribution in [3.63, 3.8) is 0 Å². The second-order valence-corrected chi connectivity index (χ2v) is 55.7. The molecule has 0 aromatic heterocycles. The van der Waals surface area contributed by atoms with E-state index in [-0.39, 0.29) is 0 Å². The van der Waals surface area contributed by atoms with Crippen LogP contribution in [0.2, 0.25) is 0 Å². The van der Waals surface area contributed by atoms with E-state index in [0.29, 0.717) is 61.0 Å². The Bertz CT molecular complexity index is 2440. The number of hydrogen-bond acceptors (Lipinski definition) is 13. The van der Waals surface area contributed by atoms with Crippen LogP contribution in [0.15, 0.2) is 0 Å². The van der Waals surface area contributed by atoms with E-state index >= 15 is 0 Å². The smallest absolute Gasteiger partial charge is 0.0628 e. The fourth-order valence-corrected chi connectivity index (χ4v) is 34.4. The minimum atomic E-state index is 0.653. The number of ether oxygens (including phenoxy) is 7. The fourth-order valence-electron chi connectivity index (χ4n) is 32.9. The van der Waals surface area contributed by atoms with Gasteiger partial charge in [0.25, 0.3) is 0 Å². The number of nitrogens with zero attached hydrogens (tertiary/aromatic N) is 1. The largest absolute Gasteiger partial charge is 0.378 e. The standard InChI is InChI=1S/2C8H14.C7H13N.C7H12O.C7H12S.C7H12.3C6H11N.3C6H10O.2C6H10.C5H9N.2C5H8O.2C5H8.C4H6O/c2*1-2-8-5-3-7(1)4-6-8;1-4-8-5-2-7(1)3-6-8;2*1-3-7-4-2-6(1)5-8-7;1-2-7-4-3-6(1)5-7;2*1-2-6-3-5(1)4-7-6;1-2-6-4-3-5(1)7-6;2*1-2-6-3-5(1)4-7-6;1-2-6-4-3-5(1)7-6;2*1-2-6-3-5(1)4-6;2*1-4-2-5(1)6-3-4;1-2-5-3-4(1)6-5;2*1-4-2-5(1)3-4;1-3-2-4(1)5-3/h2*7-8H,1-6H2;7H,1-6H2;2*6-7H,1-5H2;6-7H,1-5H2;3*5-7H,1-4H2;3*5-6H,1-4H2;2*5-6H,1-4H2;4-6H,1-3H2;2*4-5H,1-3H2;2*4-5H,1-3H2;3-4H,1-2H2. The van der Waals surface area contributed by atoms with Crippen molar-refractivity contribution < 1.29 is 33.2 Å². The molecule has 0 aromatic carbocycles. The summed E-state index contributed by atoms with van der Waals surface area (Å²) < 4.78 is 37.2. The van der Waals surface area contributed by atoms with Crippen LogP contribution in [0.1, 0.15) is 456 Å². The summed E-state index contributed by atoms with van der Waals surface area (Å²) >= 11 is 2.21. The van der Waals surface area contributed by atoms with Gasteiger partial charge in [-0.25, -0.2) is 0 Å². The third kappa shape index (κ3) is 30.1. The Kier molecular flexibility index (Phi) is 37.6. The molecule has 30 saturated carbocycles. The highest BCUT2D eigenvalue weighted by Crippen LogP contribution is 2.55. The topological polar surface area (TPSA) is 116 Å². The van der Waals surface area contributed by atoms with Crippen molar-refractivity contribution in [2.45, 2.75) is 552 Å². The summed E-state index contributed by atoms with van der Waals surface area (Å²) in [6.45, 7) is 12.4. The quantitative estimate of drug-likeness (QED) is 0.185. The normalized spacial score (nSPS) is 49.1. The van der Waals surface area contributed by atoms with Gasteiger partial charge in [0.15, 0.2) is 0 Å². The van der Waals surface area contributed by atoms with Crippen molar-refractivity contribution in [2.75, 3.05) is 71.4 Å². The predicted octanol–water partition coefficient (Wildman–Crippen LogP) is 27.5. The number of hydrogen-bond donors (Lipinski definition) is 4. The van der Waals surface area contributed by atoms with Gasteiger partial charge in [-0.05, 0) is 509 Å². The van der Waals surface area contributed by atoms with Gasteiger partial charge in [-0.3, -0.25) is 0 Å². The fraction of sp³-hybridized carbons (Fsp3) is 1.00. The molecule has 53 fully saturated rings. The SMILES string of the molecule is C1C2CC1C2.C1C2CC1C2.C1C2CC1O2.C1CC2CC1C2.C1CC2CC1C2.C1CC2CC1CN2.C1CC2CC1CN2.C1CC2CC1CO2.C1CC2CC1CO2.C1CC2CC1O2.C1CC2CCC1C2.C1CC2CCC1CC2.C1CC2CCC1CC2.C1CC2CCC1CO2.C1CC2CCC1CS2.C1CC2CCC1N2.C1CC2CCC1O2.C1CN2CCC1CC2.C1NC2CC1C2.C1OC2CC1C2. The van der Waals surface area contributed by atoms with E-state index in [9.17, 15) is 0 Å². The van der Waals surface area contributed by atoms with Crippen LogP contribution in [0.3, 0.4) is 0 Å². The zero-order valence-electron chi connectivity index (χ0n) is 86.2. The second kappa shape index (κ2) is 50.5. The minimum absolute atomic E-state index is 0.653. The lowest BCUT2D eigenvalue weighted by Crippen LogP contribution is -2.52. The average Bonchev–Trinajstić information content (AvgIpc) is 1.10. The number of nitrogens with one attached hydrogen (secondary N) is 4. The van der Waals surface area contributed by atoms with Crippen LogP contribution in [-0.2, 0) is 33.2 Å². The third-order valence-corrected chi connectivity index (χ3v) is 45.7. The monoisotopic (exact) mass is 1870 g/mol. The van der Waals surface area contributed by atoms with Crippen LogP contribution in [0.25, 0.3) is 0 Å². The Morgan fingerprint density at radius 3 is 0.530 bits per heavy atom. The Morgan fingerprint density at radius 1 is 0.164 bits per heavy atom. The van der Waals surface area contributed by atoms with Crippen LogP contribution in [0.4, 0.5) is 0 Å². The molecule has 0 amide bonds. The molecule has 30 aliphatic carbocycles. The molecule has 53 rings (SSSR count).